The number of aryl methyl sites for hydroxylation is 1. The number of methoxy groups -OCH3 is 1. The highest BCUT2D eigenvalue weighted by atomic mass is 32.2. The lowest BCUT2D eigenvalue weighted by Gasteiger charge is -2.26. The molecule has 0 saturated heterocycles. The Hall–Kier alpha value is -1.94. The first kappa shape index (κ1) is 16.9. The lowest BCUT2D eigenvalue weighted by atomic mass is 9.88. The Balaban J connectivity index is 1.48. The molecule has 0 aromatic heterocycles. The van der Waals surface area contributed by atoms with Gasteiger partial charge < -0.3 is 10.1 Å². The number of ether oxygens (including phenoxy) is 1. The largest absolute Gasteiger partial charge is 0.497 e. The Morgan fingerprint density at radius 3 is 2.79 bits per heavy atom. The molecule has 0 fully saturated rings. The van der Waals surface area contributed by atoms with E-state index in [0.717, 1.165) is 30.8 Å². The fourth-order valence-electron chi connectivity index (χ4n) is 3.12. The maximum atomic E-state index is 12.3. The third-order valence-electron chi connectivity index (χ3n) is 4.37. The molecule has 3 rings (SSSR count). The van der Waals surface area contributed by atoms with Crippen LogP contribution in [0.25, 0.3) is 0 Å². The third-order valence-corrected chi connectivity index (χ3v) is 5.37. The van der Waals surface area contributed by atoms with E-state index in [4.69, 9.17) is 4.74 Å². The lowest BCUT2D eigenvalue weighted by molar-refractivity contribution is -0.119. The molecule has 0 radical (unpaired) electrons. The summed E-state index contributed by atoms with van der Waals surface area (Å²) in [6, 6.07) is 16.6. The maximum Gasteiger partial charge on any atom is 0.230 e. The van der Waals surface area contributed by atoms with Crippen LogP contribution in [-0.2, 0) is 17.0 Å². The molecule has 126 valence electrons. The summed E-state index contributed by atoms with van der Waals surface area (Å²) in [7, 11) is 1.66. The van der Waals surface area contributed by atoms with E-state index in [9.17, 15) is 4.79 Å². The van der Waals surface area contributed by atoms with Gasteiger partial charge in [-0.15, -0.1) is 11.8 Å². The molecule has 0 spiro atoms. The van der Waals surface area contributed by atoms with Crippen LogP contribution in [0.4, 0.5) is 0 Å². The van der Waals surface area contributed by atoms with E-state index >= 15 is 0 Å². The topological polar surface area (TPSA) is 38.3 Å². The molecular weight excluding hydrogens is 318 g/mol. The second kappa shape index (κ2) is 8.25. The molecule has 1 aliphatic carbocycles. The normalized spacial score (nSPS) is 16.3. The average Bonchev–Trinajstić information content (AvgIpc) is 2.63. The Kier molecular flexibility index (Phi) is 5.81. The monoisotopic (exact) mass is 341 g/mol. The smallest absolute Gasteiger partial charge is 0.230 e. The molecular formula is C20H23NO2S. The Labute approximate surface area is 147 Å². The molecule has 0 saturated carbocycles. The minimum atomic E-state index is 0.121. The van der Waals surface area contributed by atoms with Crippen molar-refractivity contribution >= 4 is 17.7 Å². The van der Waals surface area contributed by atoms with Crippen LogP contribution < -0.4 is 10.1 Å². The van der Waals surface area contributed by atoms with Crippen molar-refractivity contribution in [1.29, 1.82) is 0 Å². The fraction of sp³-hybridized carbons (Fsp3) is 0.350. The molecule has 2 aromatic carbocycles. The first-order valence-corrected chi connectivity index (χ1v) is 9.49. The summed E-state index contributed by atoms with van der Waals surface area (Å²) in [6.07, 6.45) is 3.29. The number of fused-ring (bicyclic) bond motifs is 1. The average molecular weight is 341 g/mol. The van der Waals surface area contributed by atoms with Crippen molar-refractivity contribution in [2.75, 3.05) is 12.9 Å². The summed E-state index contributed by atoms with van der Waals surface area (Å²) in [5, 5.41) is 3.20. The van der Waals surface area contributed by atoms with E-state index in [2.05, 4.69) is 29.6 Å². The number of carbonyl (C=O) groups is 1. The van der Waals surface area contributed by atoms with Crippen LogP contribution in [-0.4, -0.2) is 18.8 Å². The predicted molar refractivity (Wildman–Crippen MR) is 99.4 cm³/mol. The Bertz CT molecular complexity index is 684. The maximum absolute atomic E-state index is 12.3. The van der Waals surface area contributed by atoms with Crippen LogP contribution in [0.3, 0.4) is 0 Å². The van der Waals surface area contributed by atoms with Crippen LogP contribution in [0, 0.1) is 0 Å². The standard InChI is InChI=1S/C20H23NO2S/c1-23-17-11-9-15(10-12-17)13-24-14-20(22)21-19-8-4-6-16-5-2-3-7-18(16)19/h2-3,5,7,9-12,19H,4,6,8,13-14H2,1H3,(H,21,22). The molecule has 4 heteroatoms. The highest BCUT2D eigenvalue weighted by Gasteiger charge is 2.21. The van der Waals surface area contributed by atoms with Gasteiger partial charge in [-0.25, -0.2) is 0 Å². The molecule has 2 aromatic rings. The number of rotatable bonds is 6. The van der Waals surface area contributed by atoms with Crippen LogP contribution in [0.2, 0.25) is 0 Å². The van der Waals surface area contributed by atoms with Gasteiger partial charge in [-0.1, -0.05) is 36.4 Å². The minimum absolute atomic E-state index is 0.121. The van der Waals surface area contributed by atoms with Crippen molar-refractivity contribution in [3.63, 3.8) is 0 Å². The van der Waals surface area contributed by atoms with Crippen LogP contribution in [0.1, 0.15) is 35.6 Å². The highest BCUT2D eigenvalue weighted by molar-refractivity contribution is 7.99. The van der Waals surface area contributed by atoms with Gasteiger partial charge in [0.05, 0.1) is 18.9 Å². The number of carbonyl (C=O) groups excluding carboxylic acids is 1. The van der Waals surface area contributed by atoms with Crippen molar-refractivity contribution in [3.05, 3.63) is 65.2 Å². The summed E-state index contributed by atoms with van der Waals surface area (Å²) in [6.45, 7) is 0. The summed E-state index contributed by atoms with van der Waals surface area (Å²) in [4.78, 5) is 12.3. The summed E-state index contributed by atoms with van der Waals surface area (Å²) >= 11 is 1.64. The molecule has 24 heavy (non-hydrogen) atoms. The second-order valence-corrected chi connectivity index (χ2v) is 7.04. The van der Waals surface area contributed by atoms with Gasteiger partial charge in [0, 0.05) is 5.75 Å². The number of hydrogen-bond acceptors (Lipinski definition) is 3. The van der Waals surface area contributed by atoms with E-state index in [-0.39, 0.29) is 11.9 Å². The molecule has 0 bridgehead atoms. The van der Waals surface area contributed by atoms with Crippen molar-refractivity contribution in [2.45, 2.75) is 31.1 Å². The van der Waals surface area contributed by atoms with Gasteiger partial charge in [0.15, 0.2) is 0 Å². The zero-order valence-corrected chi connectivity index (χ0v) is 14.8. The minimum Gasteiger partial charge on any atom is -0.497 e. The zero-order chi connectivity index (χ0) is 16.8. The van der Waals surface area contributed by atoms with Gasteiger partial charge in [0.1, 0.15) is 5.75 Å². The van der Waals surface area contributed by atoms with Crippen LogP contribution in [0.15, 0.2) is 48.5 Å². The first-order chi connectivity index (χ1) is 11.8. The Morgan fingerprint density at radius 1 is 1.21 bits per heavy atom. The molecule has 0 heterocycles. The predicted octanol–water partition coefficient (Wildman–Crippen LogP) is 4.12. The summed E-state index contributed by atoms with van der Waals surface area (Å²) in [5.74, 6) is 2.30. The van der Waals surface area contributed by atoms with E-state index in [0.29, 0.717) is 5.75 Å². The van der Waals surface area contributed by atoms with E-state index in [1.165, 1.54) is 16.7 Å². The van der Waals surface area contributed by atoms with Gasteiger partial charge in [-0.2, -0.15) is 0 Å². The van der Waals surface area contributed by atoms with Gasteiger partial charge in [-0.05, 0) is 48.1 Å². The van der Waals surface area contributed by atoms with Crippen molar-refractivity contribution in [3.8, 4) is 5.75 Å². The third kappa shape index (κ3) is 4.32. The van der Waals surface area contributed by atoms with Gasteiger partial charge in [0.25, 0.3) is 0 Å². The lowest BCUT2D eigenvalue weighted by Crippen LogP contribution is -2.32. The molecule has 1 amide bonds. The van der Waals surface area contributed by atoms with Gasteiger partial charge in [-0.3, -0.25) is 4.79 Å². The molecule has 1 N–H and O–H groups in total. The van der Waals surface area contributed by atoms with Crippen molar-refractivity contribution < 1.29 is 9.53 Å². The number of thioether (sulfide) groups is 1. The summed E-state index contributed by atoms with van der Waals surface area (Å²) in [5.41, 5.74) is 3.87. The number of benzene rings is 2. The van der Waals surface area contributed by atoms with Crippen LogP contribution >= 0.6 is 11.8 Å². The molecule has 1 unspecified atom stereocenters. The molecule has 0 aliphatic heterocycles. The number of amides is 1. The van der Waals surface area contributed by atoms with E-state index in [1.807, 2.05) is 24.3 Å². The van der Waals surface area contributed by atoms with E-state index < -0.39 is 0 Å². The van der Waals surface area contributed by atoms with Crippen molar-refractivity contribution in [1.82, 2.24) is 5.32 Å². The molecule has 3 nitrogen and oxygen atoms in total. The van der Waals surface area contributed by atoms with Gasteiger partial charge >= 0.3 is 0 Å². The second-order valence-electron chi connectivity index (χ2n) is 6.05. The van der Waals surface area contributed by atoms with Crippen LogP contribution in [0.5, 0.6) is 5.75 Å². The highest BCUT2D eigenvalue weighted by Crippen LogP contribution is 2.29. The number of nitrogens with one attached hydrogen (secondary N) is 1. The first-order valence-electron chi connectivity index (χ1n) is 8.34. The molecule has 1 atom stereocenters. The quantitative estimate of drug-likeness (QED) is 0.859. The van der Waals surface area contributed by atoms with Gasteiger partial charge in [0.2, 0.25) is 5.91 Å². The van der Waals surface area contributed by atoms with Crippen molar-refractivity contribution in [2.24, 2.45) is 0 Å². The zero-order valence-electron chi connectivity index (χ0n) is 14.0. The molecule has 1 aliphatic rings. The SMILES string of the molecule is COc1ccc(CSCC(=O)NC2CCCc3ccccc32)cc1. The Morgan fingerprint density at radius 2 is 2.00 bits per heavy atom. The fourth-order valence-corrected chi connectivity index (χ4v) is 3.92. The number of hydrogen-bond donors (Lipinski definition) is 1. The van der Waals surface area contributed by atoms with E-state index in [1.54, 1.807) is 18.9 Å². The summed E-state index contributed by atoms with van der Waals surface area (Å²) < 4.78 is 5.15.